The maximum Gasteiger partial charge on any atom is 0.0446 e. The van der Waals surface area contributed by atoms with Gasteiger partial charge in [0.15, 0.2) is 0 Å². The highest BCUT2D eigenvalue weighted by molar-refractivity contribution is 7.98. The smallest absolute Gasteiger partial charge is 0.0446 e. The number of hydrogen-bond acceptors (Lipinski definition) is 2. The Kier molecular flexibility index (Phi) is 6.44. The molecule has 3 heteroatoms. The summed E-state index contributed by atoms with van der Waals surface area (Å²) in [7, 11) is 0. The van der Waals surface area contributed by atoms with Crippen molar-refractivity contribution >= 4 is 23.4 Å². The standard InChI is InChI=1S/C17H20ClNS/c1-2-11-19-12-14-7-9-16(10-8-14)20-13-15-5-3-4-6-17(15)18/h3-10,19H,2,11-13H2,1H3. The van der Waals surface area contributed by atoms with Gasteiger partial charge in [0.1, 0.15) is 0 Å². The normalized spacial score (nSPS) is 10.7. The van der Waals surface area contributed by atoms with Crippen molar-refractivity contribution in [3.63, 3.8) is 0 Å². The third kappa shape index (κ3) is 4.86. The zero-order valence-electron chi connectivity index (χ0n) is 11.7. The predicted octanol–water partition coefficient (Wildman–Crippen LogP) is 5.13. The van der Waals surface area contributed by atoms with Crippen LogP contribution in [0.3, 0.4) is 0 Å². The predicted molar refractivity (Wildman–Crippen MR) is 89.5 cm³/mol. The second-order valence-electron chi connectivity index (χ2n) is 4.70. The third-order valence-electron chi connectivity index (χ3n) is 3.03. The lowest BCUT2D eigenvalue weighted by Gasteiger charge is -2.06. The van der Waals surface area contributed by atoms with Crippen LogP contribution in [-0.4, -0.2) is 6.54 Å². The van der Waals surface area contributed by atoms with E-state index < -0.39 is 0 Å². The summed E-state index contributed by atoms with van der Waals surface area (Å²) in [5.41, 5.74) is 2.52. The van der Waals surface area contributed by atoms with Crippen molar-refractivity contribution in [2.45, 2.75) is 30.5 Å². The van der Waals surface area contributed by atoms with Gasteiger partial charge in [0.05, 0.1) is 0 Å². The number of rotatable bonds is 7. The topological polar surface area (TPSA) is 12.0 Å². The Hall–Kier alpha value is -0.960. The molecule has 0 bridgehead atoms. The number of benzene rings is 2. The van der Waals surface area contributed by atoms with Gasteiger partial charge in [-0.25, -0.2) is 0 Å². The number of hydrogen-bond donors (Lipinski definition) is 1. The molecule has 0 saturated heterocycles. The Balaban J connectivity index is 1.86. The molecule has 0 aliphatic rings. The Morgan fingerprint density at radius 3 is 2.50 bits per heavy atom. The molecule has 2 rings (SSSR count). The van der Waals surface area contributed by atoms with E-state index in [1.165, 1.54) is 22.4 Å². The molecule has 20 heavy (non-hydrogen) atoms. The van der Waals surface area contributed by atoms with Gasteiger partial charge in [0.25, 0.3) is 0 Å². The quantitative estimate of drug-likeness (QED) is 0.562. The zero-order chi connectivity index (χ0) is 14.2. The molecule has 0 aromatic heterocycles. The maximum absolute atomic E-state index is 6.17. The number of thioether (sulfide) groups is 1. The molecule has 2 aromatic carbocycles. The van der Waals surface area contributed by atoms with E-state index in [1.54, 1.807) is 0 Å². The fraction of sp³-hybridized carbons (Fsp3) is 0.294. The van der Waals surface area contributed by atoms with E-state index in [0.29, 0.717) is 0 Å². The van der Waals surface area contributed by atoms with Crippen molar-refractivity contribution in [1.29, 1.82) is 0 Å². The van der Waals surface area contributed by atoms with E-state index in [0.717, 1.165) is 23.9 Å². The van der Waals surface area contributed by atoms with Crippen LogP contribution in [0.4, 0.5) is 0 Å². The maximum atomic E-state index is 6.17. The largest absolute Gasteiger partial charge is 0.313 e. The summed E-state index contributed by atoms with van der Waals surface area (Å²) in [5.74, 6) is 0.910. The minimum Gasteiger partial charge on any atom is -0.313 e. The van der Waals surface area contributed by atoms with Crippen molar-refractivity contribution in [3.8, 4) is 0 Å². The van der Waals surface area contributed by atoms with Gasteiger partial charge in [-0.05, 0) is 42.3 Å². The van der Waals surface area contributed by atoms with Gasteiger partial charge in [0.2, 0.25) is 0 Å². The summed E-state index contributed by atoms with van der Waals surface area (Å²) < 4.78 is 0. The molecule has 0 amide bonds. The van der Waals surface area contributed by atoms with Gasteiger partial charge < -0.3 is 5.32 Å². The van der Waals surface area contributed by atoms with Gasteiger partial charge in [-0.3, -0.25) is 0 Å². The van der Waals surface area contributed by atoms with Gasteiger partial charge in [-0.1, -0.05) is 48.9 Å². The summed E-state index contributed by atoms with van der Waals surface area (Å²) >= 11 is 7.98. The van der Waals surface area contributed by atoms with Crippen LogP contribution in [0.2, 0.25) is 5.02 Å². The van der Waals surface area contributed by atoms with Gasteiger partial charge in [-0.15, -0.1) is 11.8 Å². The molecule has 2 aromatic rings. The molecule has 0 unspecified atom stereocenters. The second-order valence-corrected chi connectivity index (χ2v) is 6.16. The molecule has 106 valence electrons. The van der Waals surface area contributed by atoms with Gasteiger partial charge in [-0.2, -0.15) is 0 Å². The van der Waals surface area contributed by atoms with Crippen LogP contribution in [0.5, 0.6) is 0 Å². The van der Waals surface area contributed by atoms with E-state index in [4.69, 9.17) is 11.6 Å². The van der Waals surface area contributed by atoms with Gasteiger partial charge in [0, 0.05) is 22.2 Å². The highest BCUT2D eigenvalue weighted by atomic mass is 35.5. The monoisotopic (exact) mass is 305 g/mol. The van der Waals surface area contributed by atoms with E-state index in [9.17, 15) is 0 Å². The molecule has 0 aliphatic carbocycles. The first-order valence-corrected chi connectivity index (χ1v) is 8.32. The van der Waals surface area contributed by atoms with Crippen molar-refractivity contribution in [2.24, 2.45) is 0 Å². The first-order chi connectivity index (χ1) is 9.79. The lowest BCUT2D eigenvalue weighted by atomic mass is 10.2. The van der Waals surface area contributed by atoms with Crippen LogP contribution >= 0.6 is 23.4 Å². The molecular formula is C17H20ClNS. The van der Waals surface area contributed by atoms with E-state index in [-0.39, 0.29) is 0 Å². The van der Waals surface area contributed by atoms with Crippen LogP contribution in [0, 0.1) is 0 Å². The first kappa shape index (κ1) is 15.4. The van der Waals surface area contributed by atoms with Crippen LogP contribution in [-0.2, 0) is 12.3 Å². The molecule has 1 N–H and O–H groups in total. The van der Waals surface area contributed by atoms with Crippen molar-refractivity contribution < 1.29 is 0 Å². The minimum absolute atomic E-state index is 0.848. The summed E-state index contributed by atoms with van der Waals surface area (Å²) in [6, 6.07) is 16.8. The van der Waals surface area contributed by atoms with Crippen molar-refractivity contribution in [1.82, 2.24) is 5.32 Å². The molecule has 0 aliphatic heterocycles. The Morgan fingerprint density at radius 2 is 1.80 bits per heavy atom. The van der Waals surface area contributed by atoms with Crippen LogP contribution in [0.1, 0.15) is 24.5 Å². The fourth-order valence-corrected chi connectivity index (χ4v) is 3.07. The molecule has 0 fully saturated rings. The molecule has 0 radical (unpaired) electrons. The van der Waals surface area contributed by atoms with Crippen molar-refractivity contribution in [3.05, 3.63) is 64.7 Å². The lowest BCUT2D eigenvalue weighted by Crippen LogP contribution is -2.13. The third-order valence-corrected chi connectivity index (χ3v) is 4.46. The molecular weight excluding hydrogens is 286 g/mol. The molecule has 0 heterocycles. The van der Waals surface area contributed by atoms with Crippen molar-refractivity contribution in [2.75, 3.05) is 6.54 Å². The average molecular weight is 306 g/mol. The molecule has 0 saturated carbocycles. The zero-order valence-corrected chi connectivity index (χ0v) is 13.3. The minimum atomic E-state index is 0.848. The number of halogens is 1. The molecule has 0 spiro atoms. The van der Waals surface area contributed by atoms with Crippen LogP contribution < -0.4 is 5.32 Å². The van der Waals surface area contributed by atoms with E-state index in [1.807, 2.05) is 30.0 Å². The summed E-state index contributed by atoms with van der Waals surface area (Å²) in [5, 5.41) is 4.26. The average Bonchev–Trinajstić information content (AvgIpc) is 2.48. The highest BCUT2D eigenvalue weighted by Crippen LogP contribution is 2.26. The SMILES string of the molecule is CCCNCc1ccc(SCc2ccccc2Cl)cc1. The van der Waals surface area contributed by atoms with Gasteiger partial charge >= 0.3 is 0 Å². The highest BCUT2D eigenvalue weighted by Gasteiger charge is 2.01. The number of nitrogens with one attached hydrogen (secondary N) is 1. The summed E-state index contributed by atoms with van der Waals surface area (Å²) in [4.78, 5) is 1.28. The Morgan fingerprint density at radius 1 is 1.05 bits per heavy atom. The Bertz CT molecular complexity index is 525. The van der Waals surface area contributed by atoms with E-state index in [2.05, 4.69) is 42.6 Å². The van der Waals surface area contributed by atoms with E-state index >= 15 is 0 Å². The summed E-state index contributed by atoms with van der Waals surface area (Å²) in [6.45, 7) is 4.20. The lowest BCUT2D eigenvalue weighted by molar-refractivity contribution is 0.675. The Labute approximate surface area is 130 Å². The fourth-order valence-electron chi connectivity index (χ4n) is 1.89. The molecule has 0 atom stereocenters. The van der Waals surface area contributed by atoms with Crippen LogP contribution in [0.25, 0.3) is 0 Å². The van der Waals surface area contributed by atoms with Crippen LogP contribution in [0.15, 0.2) is 53.4 Å². The second kappa shape index (κ2) is 8.35. The molecule has 1 nitrogen and oxygen atoms in total. The first-order valence-electron chi connectivity index (χ1n) is 6.95. The summed E-state index contributed by atoms with van der Waals surface area (Å²) in [6.07, 6.45) is 1.17.